The van der Waals surface area contributed by atoms with Crippen molar-refractivity contribution in [3.05, 3.63) is 29.2 Å². The Morgan fingerprint density at radius 3 is 2.92 bits per heavy atom. The molecule has 2 aliphatic heterocycles. The molecule has 11 heteroatoms. The molecule has 4 heterocycles. The third kappa shape index (κ3) is 2.89. The zero-order valence-corrected chi connectivity index (χ0v) is 15.8. The molecule has 26 heavy (non-hydrogen) atoms. The molecular formula is C15H19N5O4S2. The third-order valence-corrected chi connectivity index (χ3v) is 7.98. The van der Waals surface area contributed by atoms with Crippen LogP contribution in [0.15, 0.2) is 26.2 Å². The Morgan fingerprint density at radius 2 is 2.23 bits per heavy atom. The van der Waals surface area contributed by atoms with Crippen molar-refractivity contribution >= 4 is 27.4 Å². The number of thiophene rings is 1. The van der Waals surface area contributed by atoms with E-state index >= 15 is 0 Å². The molecule has 1 atom stereocenters. The van der Waals surface area contributed by atoms with Gasteiger partial charge in [0, 0.05) is 26.7 Å². The van der Waals surface area contributed by atoms with Crippen molar-refractivity contribution in [1.82, 2.24) is 24.7 Å². The van der Waals surface area contributed by atoms with E-state index in [4.69, 9.17) is 4.52 Å². The minimum Gasteiger partial charge on any atom is -0.341 e. The predicted molar refractivity (Wildman–Crippen MR) is 93.3 cm³/mol. The molecule has 0 spiro atoms. The average molecular weight is 397 g/mol. The summed E-state index contributed by atoms with van der Waals surface area (Å²) in [5.74, 6) is 0.833. The summed E-state index contributed by atoms with van der Waals surface area (Å²) in [5.41, 5.74) is 0. The van der Waals surface area contributed by atoms with Gasteiger partial charge >= 0.3 is 6.03 Å². The van der Waals surface area contributed by atoms with Crippen LogP contribution in [0.5, 0.6) is 0 Å². The molecule has 2 aromatic rings. The van der Waals surface area contributed by atoms with Gasteiger partial charge in [-0.25, -0.2) is 13.2 Å². The largest absolute Gasteiger partial charge is 0.341 e. The number of carbonyl (C=O) groups excluding carboxylic acids is 1. The van der Waals surface area contributed by atoms with Gasteiger partial charge in [0.15, 0.2) is 5.82 Å². The molecule has 2 amide bonds. The minimum atomic E-state index is -3.43. The topological polar surface area (TPSA) is 109 Å². The maximum atomic E-state index is 12.4. The highest BCUT2D eigenvalue weighted by molar-refractivity contribution is 7.91. The number of hydrogen-bond donors (Lipinski definition) is 1. The van der Waals surface area contributed by atoms with Crippen molar-refractivity contribution in [3.8, 4) is 0 Å². The molecule has 0 saturated carbocycles. The molecule has 140 valence electrons. The smallest absolute Gasteiger partial charge is 0.317 e. The van der Waals surface area contributed by atoms with E-state index < -0.39 is 10.0 Å². The molecule has 2 aromatic heterocycles. The first-order chi connectivity index (χ1) is 12.5. The first-order valence-corrected chi connectivity index (χ1v) is 10.7. The van der Waals surface area contributed by atoms with Crippen LogP contribution >= 0.6 is 11.3 Å². The first kappa shape index (κ1) is 17.4. The lowest BCUT2D eigenvalue weighted by Crippen LogP contribution is -2.48. The van der Waals surface area contributed by atoms with Gasteiger partial charge in [0.25, 0.3) is 10.0 Å². The maximum Gasteiger partial charge on any atom is 0.317 e. The molecule has 2 saturated heterocycles. The molecule has 2 aliphatic rings. The Bertz CT molecular complexity index is 889. The second-order valence-corrected chi connectivity index (χ2v) is 9.46. The highest BCUT2D eigenvalue weighted by Crippen LogP contribution is 2.35. The normalized spacial score (nSPS) is 21.7. The Kier molecular flexibility index (Phi) is 4.45. The van der Waals surface area contributed by atoms with E-state index in [-0.39, 0.29) is 18.0 Å². The minimum absolute atomic E-state index is 0.0860. The number of carbonyl (C=O) groups is 1. The Hall–Kier alpha value is -1.98. The monoisotopic (exact) mass is 397 g/mol. The predicted octanol–water partition coefficient (Wildman–Crippen LogP) is 1.40. The number of rotatable bonds is 4. The Labute approximate surface area is 155 Å². The average Bonchev–Trinajstić information content (AvgIpc) is 3.31. The van der Waals surface area contributed by atoms with Crippen LogP contribution in [0.3, 0.4) is 0 Å². The number of nitrogens with one attached hydrogen (secondary N) is 1. The summed E-state index contributed by atoms with van der Waals surface area (Å²) in [5, 5.41) is 8.38. The Morgan fingerprint density at radius 1 is 1.42 bits per heavy atom. The molecule has 0 radical (unpaired) electrons. The molecule has 1 unspecified atom stereocenters. The number of amides is 2. The van der Waals surface area contributed by atoms with Gasteiger partial charge in [-0.05, 0) is 24.3 Å². The lowest BCUT2D eigenvalue weighted by Gasteiger charge is -2.35. The number of nitrogens with zero attached hydrogens (tertiary/aromatic N) is 4. The summed E-state index contributed by atoms with van der Waals surface area (Å²) >= 11 is 1.21. The fourth-order valence-corrected chi connectivity index (χ4v) is 5.97. The van der Waals surface area contributed by atoms with Gasteiger partial charge in [-0.1, -0.05) is 11.2 Å². The van der Waals surface area contributed by atoms with E-state index in [1.54, 1.807) is 29.5 Å². The second-order valence-electron chi connectivity index (χ2n) is 6.35. The second kappa shape index (κ2) is 6.63. The highest BCUT2D eigenvalue weighted by Gasteiger charge is 2.41. The lowest BCUT2D eigenvalue weighted by molar-refractivity contribution is 0.182. The van der Waals surface area contributed by atoms with E-state index in [2.05, 4.69) is 15.5 Å². The summed E-state index contributed by atoms with van der Waals surface area (Å²) < 4.78 is 32.0. The molecule has 4 rings (SSSR count). The first-order valence-electron chi connectivity index (χ1n) is 8.36. The van der Waals surface area contributed by atoms with Crippen molar-refractivity contribution in [3.63, 3.8) is 0 Å². The molecule has 1 N–H and O–H groups in total. The van der Waals surface area contributed by atoms with E-state index in [1.807, 2.05) is 0 Å². The van der Waals surface area contributed by atoms with Crippen LogP contribution in [-0.2, 0) is 10.0 Å². The summed E-state index contributed by atoms with van der Waals surface area (Å²) in [6.45, 7) is 1.32. The van der Waals surface area contributed by atoms with Gasteiger partial charge in [0.05, 0.1) is 5.92 Å². The van der Waals surface area contributed by atoms with Crippen LogP contribution in [0, 0.1) is 0 Å². The van der Waals surface area contributed by atoms with Crippen molar-refractivity contribution in [2.24, 2.45) is 0 Å². The van der Waals surface area contributed by atoms with Crippen molar-refractivity contribution < 1.29 is 17.7 Å². The fraction of sp³-hybridized carbons (Fsp3) is 0.533. The standard InChI is InChI=1S/C15H19N5O4S2/c1-16-15(21)20-6-2-4-11(20)14-17-13(18-24-14)10-8-19(9-10)26(22,23)12-5-3-7-25-12/h3,5,7,10-11H,2,4,6,8-9H2,1H3,(H,16,21). The number of aromatic nitrogens is 2. The van der Waals surface area contributed by atoms with Crippen molar-refractivity contribution in [2.75, 3.05) is 26.7 Å². The summed E-state index contributed by atoms with van der Waals surface area (Å²) in [6, 6.07) is 2.94. The summed E-state index contributed by atoms with van der Waals surface area (Å²) in [4.78, 5) is 18.1. The van der Waals surface area contributed by atoms with E-state index in [0.29, 0.717) is 35.6 Å². The van der Waals surface area contributed by atoms with E-state index in [0.717, 1.165) is 12.8 Å². The van der Waals surface area contributed by atoms with Crippen molar-refractivity contribution in [2.45, 2.75) is 29.0 Å². The summed E-state index contributed by atoms with van der Waals surface area (Å²) in [7, 11) is -1.84. The third-order valence-electron chi connectivity index (χ3n) is 4.77. The molecule has 0 aliphatic carbocycles. The number of urea groups is 1. The fourth-order valence-electron chi connectivity index (χ4n) is 3.29. The van der Waals surface area contributed by atoms with Gasteiger partial charge in [-0.15, -0.1) is 11.3 Å². The Balaban J connectivity index is 1.43. The molecule has 9 nitrogen and oxygen atoms in total. The lowest BCUT2D eigenvalue weighted by atomic mass is 10.0. The maximum absolute atomic E-state index is 12.4. The molecular weight excluding hydrogens is 378 g/mol. The van der Waals surface area contributed by atoms with Crippen LogP contribution in [0.4, 0.5) is 4.79 Å². The van der Waals surface area contributed by atoms with Crippen LogP contribution < -0.4 is 5.32 Å². The van der Waals surface area contributed by atoms with E-state index in [9.17, 15) is 13.2 Å². The van der Waals surface area contributed by atoms with Gasteiger partial charge in [-0.3, -0.25) is 0 Å². The van der Waals surface area contributed by atoms with Crippen LogP contribution in [0.2, 0.25) is 0 Å². The van der Waals surface area contributed by atoms with Crippen LogP contribution in [0.1, 0.15) is 36.5 Å². The number of likely N-dealkylation sites (tertiary alicyclic amines) is 1. The van der Waals surface area contributed by atoms with Crippen molar-refractivity contribution in [1.29, 1.82) is 0 Å². The van der Waals surface area contributed by atoms with Gasteiger partial charge in [0.2, 0.25) is 5.89 Å². The molecule has 2 fully saturated rings. The van der Waals surface area contributed by atoms with Crippen LogP contribution in [-0.4, -0.2) is 60.5 Å². The van der Waals surface area contributed by atoms with Gasteiger partial charge in [0.1, 0.15) is 10.3 Å². The SMILES string of the molecule is CNC(=O)N1CCCC1c1nc(C2CN(S(=O)(=O)c3cccs3)C2)no1. The zero-order valence-electron chi connectivity index (χ0n) is 14.2. The molecule has 0 bridgehead atoms. The number of hydrogen-bond acceptors (Lipinski definition) is 7. The summed E-state index contributed by atoms with van der Waals surface area (Å²) in [6.07, 6.45) is 1.66. The van der Waals surface area contributed by atoms with Gasteiger partial charge < -0.3 is 14.7 Å². The van der Waals surface area contributed by atoms with E-state index in [1.165, 1.54) is 15.6 Å². The van der Waals surface area contributed by atoms with Crippen LogP contribution in [0.25, 0.3) is 0 Å². The zero-order chi connectivity index (χ0) is 18.3. The highest BCUT2D eigenvalue weighted by atomic mass is 32.2. The van der Waals surface area contributed by atoms with Gasteiger partial charge in [-0.2, -0.15) is 9.29 Å². The number of sulfonamides is 1. The quantitative estimate of drug-likeness (QED) is 0.835. The molecule has 0 aromatic carbocycles.